The molecule has 1 aromatic heterocycles. The fourth-order valence-electron chi connectivity index (χ4n) is 4.56. The van der Waals surface area contributed by atoms with E-state index in [0.717, 1.165) is 22.5 Å². The molecule has 0 bridgehead atoms. The molecule has 1 aliphatic heterocycles. The van der Waals surface area contributed by atoms with E-state index in [2.05, 4.69) is 14.7 Å². The highest BCUT2D eigenvalue weighted by Crippen LogP contribution is 2.37. The topological polar surface area (TPSA) is 106 Å². The summed E-state index contributed by atoms with van der Waals surface area (Å²) < 4.78 is 93.3. The van der Waals surface area contributed by atoms with Crippen LogP contribution in [0.25, 0.3) is 11.6 Å². The molecule has 0 spiro atoms. The molecule has 0 radical (unpaired) electrons. The van der Waals surface area contributed by atoms with Gasteiger partial charge in [-0.15, -0.1) is 0 Å². The molecular weight excluding hydrogens is 590 g/mol. The number of allylic oxidation sites excluding steroid dienone is 1. The predicted molar refractivity (Wildman–Crippen MR) is 143 cm³/mol. The zero-order valence-electron chi connectivity index (χ0n) is 21.1. The van der Waals surface area contributed by atoms with Crippen molar-refractivity contribution in [1.29, 1.82) is 0 Å². The van der Waals surface area contributed by atoms with Gasteiger partial charge in [-0.05, 0) is 65.2 Å². The number of hydrogen-bond acceptors (Lipinski definition) is 6. The smallest absolute Gasteiger partial charge is 0.441 e. The normalized spacial score (nSPS) is 16.0. The summed E-state index contributed by atoms with van der Waals surface area (Å²) in [5.41, 5.74) is 0.684. The molecule has 0 amide bonds. The molecule has 14 heteroatoms. The molecule has 0 fully saturated rings. The molecule has 0 saturated heterocycles. The highest BCUT2D eigenvalue weighted by atomic mass is 35.5. The van der Waals surface area contributed by atoms with Crippen LogP contribution in [0.15, 0.2) is 74.9 Å². The third-order valence-electron chi connectivity index (χ3n) is 6.38. The van der Waals surface area contributed by atoms with Crippen LogP contribution in [0.2, 0.25) is 5.02 Å². The van der Waals surface area contributed by atoms with Gasteiger partial charge in [0.2, 0.25) is 0 Å². The molecule has 41 heavy (non-hydrogen) atoms. The number of aromatic nitrogens is 2. The van der Waals surface area contributed by atoms with E-state index < -0.39 is 44.3 Å². The third-order valence-corrected chi connectivity index (χ3v) is 8.47. The quantitative estimate of drug-likeness (QED) is 0.214. The predicted octanol–water partition coefficient (Wildman–Crippen LogP) is 5.93. The summed E-state index contributed by atoms with van der Waals surface area (Å²) in [4.78, 5) is 13.0. The van der Waals surface area contributed by atoms with Crippen LogP contribution in [0.5, 0.6) is 6.01 Å². The maximum Gasteiger partial charge on any atom is 0.441 e. The number of nitrogens with one attached hydrogen (secondary N) is 1. The van der Waals surface area contributed by atoms with Gasteiger partial charge in [-0.1, -0.05) is 41.9 Å². The van der Waals surface area contributed by atoms with E-state index in [4.69, 9.17) is 16.3 Å². The Labute approximate surface area is 235 Å². The number of ether oxygens (including phenoxy) is 1. The first-order valence-corrected chi connectivity index (χ1v) is 13.8. The third kappa shape index (κ3) is 5.86. The Balaban J connectivity index is 1.59. The minimum absolute atomic E-state index is 0.168. The fraction of sp³-hybridized carbons (Fsp3) is 0.185. The number of benzene rings is 3. The molecule has 1 aliphatic rings. The highest BCUT2D eigenvalue weighted by Gasteiger charge is 2.37. The number of rotatable bonds is 6. The molecular formula is C27H20ClF4N3O5S. The van der Waals surface area contributed by atoms with E-state index in [1.165, 1.54) is 24.3 Å². The molecule has 214 valence electrons. The maximum absolute atomic E-state index is 14.5. The second-order valence-corrected chi connectivity index (χ2v) is 11.5. The number of halogens is 5. The largest absolute Gasteiger partial charge is 0.457 e. The van der Waals surface area contributed by atoms with Crippen LogP contribution >= 0.6 is 11.6 Å². The summed E-state index contributed by atoms with van der Waals surface area (Å²) in [5.74, 6) is -1.42. The van der Waals surface area contributed by atoms with Crippen molar-refractivity contribution in [2.24, 2.45) is 0 Å². The van der Waals surface area contributed by atoms with Gasteiger partial charge < -0.3 is 4.74 Å². The summed E-state index contributed by atoms with van der Waals surface area (Å²) in [6, 6.07) is 12.2. The minimum atomic E-state index is -4.76. The first-order chi connectivity index (χ1) is 19.3. The second-order valence-electron chi connectivity index (χ2n) is 9.22. The van der Waals surface area contributed by atoms with Gasteiger partial charge in [0.1, 0.15) is 11.9 Å². The van der Waals surface area contributed by atoms with E-state index in [1.807, 2.05) is 0 Å². The lowest BCUT2D eigenvalue weighted by molar-refractivity contribution is -0.137. The number of anilines is 1. The van der Waals surface area contributed by atoms with E-state index in [-0.39, 0.29) is 35.2 Å². The molecule has 2 heterocycles. The van der Waals surface area contributed by atoms with Crippen molar-refractivity contribution in [2.75, 3.05) is 10.8 Å². The van der Waals surface area contributed by atoms with Crippen molar-refractivity contribution in [3.05, 3.63) is 104 Å². The first kappa shape index (κ1) is 28.4. The SMILES string of the molecule is CC(=Cc1ccc2c(c1)N(S(=O)(=O)c1cccc(C(F)(F)F)c1)CC(Oc1noc(=O)[nH]1)C2)c1c(F)cccc1Cl. The van der Waals surface area contributed by atoms with Gasteiger partial charge in [0.05, 0.1) is 27.7 Å². The first-order valence-electron chi connectivity index (χ1n) is 12.0. The Bertz CT molecular complexity index is 1800. The lowest BCUT2D eigenvalue weighted by Gasteiger charge is -2.35. The van der Waals surface area contributed by atoms with Crippen LogP contribution < -0.4 is 14.8 Å². The number of hydrogen-bond donors (Lipinski definition) is 1. The van der Waals surface area contributed by atoms with E-state index in [9.17, 15) is 30.8 Å². The van der Waals surface area contributed by atoms with E-state index >= 15 is 0 Å². The van der Waals surface area contributed by atoms with Crippen molar-refractivity contribution < 1.29 is 35.2 Å². The zero-order valence-corrected chi connectivity index (χ0v) is 22.6. The van der Waals surface area contributed by atoms with Gasteiger partial charge in [0.15, 0.2) is 0 Å². The Morgan fingerprint density at radius 1 is 1.17 bits per heavy atom. The van der Waals surface area contributed by atoms with Crippen molar-refractivity contribution in [1.82, 2.24) is 10.1 Å². The Hall–Kier alpha value is -4.10. The Morgan fingerprint density at radius 2 is 1.93 bits per heavy atom. The lowest BCUT2D eigenvalue weighted by atomic mass is 9.97. The number of nitrogens with zero attached hydrogens (tertiary/aromatic N) is 2. The molecule has 0 aliphatic carbocycles. The van der Waals surface area contributed by atoms with Crippen molar-refractivity contribution in [3.8, 4) is 6.01 Å². The summed E-state index contributed by atoms with van der Waals surface area (Å²) in [6.45, 7) is 1.31. The maximum atomic E-state index is 14.5. The van der Waals surface area contributed by atoms with Crippen LogP contribution in [-0.4, -0.2) is 31.2 Å². The van der Waals surface area contributed by atoms with Gasteiger partial charge in [-0.25, -0.2) is 22.6 Å². The number of alkyl halides is 3. The summed E-state index contributed by atoms with van der Waals surface area (Å²) in [7, 11) is -4.55. The molecule has 1 unspecified atom stereocenters. The van der Waals surface area contributed by atoms with Crippen molar-refractivity contribution in [2.45, 2.75) is 30.5 Å². The number of fused-ring (bicyclic) bond motifs is 1. The summed E-state index contributed by atoms with van der Waals surface area (Å²) in [5, 5.41) is 3.62. The highest BCUT2D eigenvalue weighted by molar-refractivity contribution is 7.92. The lowest BCUT2D eigenvalue weighted by Crippen LogP contribution is -2.45. The van der Waals surface area contributed by atoms with Gasteiger partial charge in [0.25, 0.3) is 10.0 Å². The Morgan fingerprint density at radius 3 is 2.61 bits per heavy atom. The number of sulfonamides is 1. The van der Waals surface area contributed by atoms with Crippen LogP contribution in [0.4, 0.5) is 23.2 Å². The van der Waals surface area contributed by atoms with Crippen LogP contribution in [0.3, 0.4) is 0 Å². The van der Waals surface area contributed by atoms with Gasteiger partial charge >= 0.3 is 17.9 Å². The van der Waals surface area contributed by atoms with E-state index in [1.54, 1.807) is 25.1 Å². The fourth-order valence-corrected chi connectivity index (χ4v) is 6.44. The monoisotopic (exact) mass is 609 g/mol. The number of aromatic amines is 1. The Kier molecular flexibility index (Phi) is 7.43. The molecule has 1 atom stereocenters. The number of H-pyrrole nitrogens is 1. The molecule has 1 N–H and O–H groups in total. The minimum Gasteiger partial charge on any atom is -0.457 e. The zero-order chi connectivity index (χ0) is 29.5. The van der Waals surface area contributed by atoms with Gasteiger partial charge in [0, 0.05) is 12.0 Å². The van der Waals surface area contributed by atoms with Gasteiger partial charge in [-0.3, -0.25) is 8.83 Å². The van der Waals surface area contributed by atoms with Gasteiger partial charge in [-0.2, -0.15) is 13.2 Å². The van der Waals surface area contributed by atoms with Crippen LogP contribution in [0.1, 0.15) is 29.2 Å². The van der Waals surface area contributed by atoms with Crippen molar-refractivity contribution >= 4 is 39.0 Å². The van der Waals surface area contributed by atoms with Crippen LogP contribution in [-0.2, 0) is 22.6 Å². The second kappa shape index (κ2) is 10.7. The molecule has 5 rings (SSSR count). The average molecular weight is 610 g/mol. The van der Waals surface area contributed by atoms with E-state index in [0.29, 0.717) is 22.8 Å². The molecule has 8 nitrogen and oxygen atoms in total. The average Bonchev–Trinajstić information content (AvgIpc) is 3.32. The molecule has 4 aromatic rings. The summed E-state index contributed by atoms with van der Waals surface area (Å²) >= 11 is 6.19. The summed E-state index contributed by atoms with van der Waals surface area (Å²) in [6.07, 6.45) is -3.87. The van der Waals surface area contributed by atoms with Crippen LogP contribution in [0, 0.1) is 5.82 Å². The molecule has 0 saturated carbocycles. The standard InChI is InChI=1S/C27H20ClF4N3O5S/c1-15(24-21(28)6-3-7-22(24)29)10-16-8-9-17-12-19(39-25-33-26(36)40-34-25)14-35(23(17)11-16)41(37,38)20-5-2-4-18(13-20)27(30,31)32/h2-11,13,19H,12,14H2,1H3,(H,33,34,36). The molecule has 3 aromatic carbocycles. The van der Waals surface area contributed by atoms with Crippen molar-refractivity contribution in [3.63, 3.8) is 0 Å².